The van der Waals surface area contributed by atoms with Gasteiger partial charge in [-0.15, -0.1) is 0 Å². The number of rotatable bonds is 4. The number of hydrogen-bond acceptors (Lipinski definition) is 4. The average Bonchev–Trinajstić information content (AvgIpc) is 3.06. The van der Waals surface area contributed by atoms with Crippen LogP contribution in [0.5, 0.6) is 0 Å². The SMILES string of the molecule is Cc1ccccc1C(=O)Nc1ccc(N2CCCN(C(=O)c3cccc(Cl)c3)CC2)nc1. The number of aromatic nitrogens is 1. The van der Waals surface area contributed by atoms with Gasteiger partial charge < -0.3 is 15.1 Å². The van der Waals surface area contributed by atoms with Crippen LogP contribution in [0, 0.1) is 6.92 Å². The molecule has 1 aliphatic heterocycles. The van der Waals surface area contributed by atoms with Crippen LogP contribution in [0.15, 0.2) is 66.9 Å². The molecule has 4 rings (SSSR count). The zero-order chi connectivity index (χ0) is 22.5. The minimum atomic E-state index is -0.150. The lowest BCUT2D eigenvalue weighted by Gasteiger charge is -2.23. The first-order valence-corrected chi connectivity index (χ1v) is 11.0. The molecule has 0 unspecified atom stereocenters. The Morgan fingerprint density at radius 1 is 0.969 bits per heavy atom. The van der Waals surface area contributed by atoms with Gasteiger partial charge in [-0.25, -0.2) is 4.98 Å². The fourth-order valence-electron chi connectivity index (χ4n) is 3.83. The number of pyridine rings is 1. The first-order chi connectivity index (χ1) is 15.5. The summed E-state index contributed by atoms with van der Waals surface area (Å²) in [6.45, 7) is 4.71. The van der Waals surface area contributed by atoms with Crippen molar-refractivity contribution in [2.75, 3.05) is 36.4 Å². The van der Waals surface area contributed by atoms with Gasteiger partial charge in [-0.2, -0.15) is 0 Å². The molecule has 0 radical (unpaired) electrons. The van der Waals surface area contributed by atoms with Crippen molar-refractivity contribution in [1.82, 2.24) is 9.88 Å². The van der Waals surface area contributed by atoms with Crippen molar-refractivity contribution in [2.45, 2.75) is 13.3 Å². The fourth-order valence-corrected chi connectivity index (χ4v) is 4.02. The molecule has 2 heterocycles. The van der Waals surface area contributed by atoms with Gasteiger partial charge in [-0.05, 0) is 55.3 Å². The minimum absolute atomic E-state index is 0.00317. The number of hydrogen-bond donors (Lipinski definition) is 1. The summed E-state index contributed by atoms with van der Waals surface area (Å²) in [5, 5.41) is 3.46. The highest BCUT2D eigenvalue weighted by molar-refractivity contribution is 6.30. The van der Waals surface area contributed by atoms with E-state index < -0.39 is 0 Å². The van der Waals surface area contributed by atoms with Crippen LogP contribution in [0.3, 0.4) is 0 Å². The van der Waals surface area contributed by atoms with E-state index in [4.69, 9.17) is 11.6 Å². The molecule has 0 aliphatic carbocycles. The second kappa shape index (κ2) is 9.83. The van der Waals surface area contributed by atoms with Gasteiger partial charge in [-0.3, -0.25) is 9.59 Å². The number of aryl methyl sites for hydroxylation is 1. The van der Waals surface area contributed by atoms with Gasteiger partial charge in [-0.1, -0.05) is 35.9 Å². The van der Waals surface area contributed by atoms with E-state index in [1.165, 1.54) is 0 Å². The Morgan fingerprint density at radius 2 is 1.81 bits per heavy atom. The van der Waals surface area contributed by atoms with Gasteiger partial charge in [0.25, 0.3) is 11.8 Å². The molecule has 2 aromatic carbocycles. The summed E-state index contributed by atoms with van der Waals surface area (Å²) >= 11 is 6.04. The smallest absolute Gasteiger partial charge is 0.255 e. The van der Waals surface area contributed by atoms with E-state index in [9.17, 15) is 9.59 Å². The van der Waals surface area contributed by atoms with Crippen LogP contribution in [0.2, 0.25) is 5.02 Å². The van der Waals surface area contributed by atoms with Crippen molar-refractivity contribution in [3.05, 3.63) is 88.6 Å². The first kappa shape index (κ1) is 21.8. The van der Waals surface area contributed by atoms with Crippen molar-refractivity contribution in [3.63, 3.8) is 0 Å². The van der Waals surface area contributed by atoms with Crippen molar-refractivity contribution in [1.29, 1.82) is 0 Å². The molecule has 0 spiro atoms. The third-order valence-corrected chi connectivity index (χ3v) is 5.81. The summed E-state index contributed by atoms with van der Waals surface area (Å²) in [5.41, 5.74) is 2.83. The predicted octanol–water partition coefficient (Wildman–Crippen LogP) is 4.65. The van der Waals surface area contributed by atoms with E-state index in [1.54, 1.807) is 36.5 Å². The quantitative estimate of drug-likeness (QED) is 0.631. The highest BCUT2D eigenvalue weighted by Crippen LogP contribution is 2.19. The number of nitrogens with zero attached hydrogens (tertiary/aromatic N) is 3. The van der Waals surface area contributed by atoms with Gasteiger partial charge in [0.2, 0.25) is 0 Å². The van der Waals surface area contributed by atoms with Crippen LogP contribution < -0.4 is 10.2 Å². The standard InChI is InChI=1S/C25H25ClN4O2/c1-18-6-2-3-9-22(18)24(31)28-21-10-11-23(27-17-21)29-12-5-13-30(15-14-29)25(32)19-7-4-8-20(26)16-19/h2-4,6-11,16-17H,5,12-15H2,1H3,(H,28,31). The van der Waals surface area contributed by atoms with E-state index >= 15 is 0 Å². The molecule has 1 N–H and O–H groups in total. The zero-order valence-electron chi connectivity index (χ0n) is 17.9. The Morgan fingerprint density at radius 3 is 2.56 bits per heavy atom. The Bertz CT molecular complexity index is 1120. The maximum absolute atomic E-state index is 12.8. The summed E-state index contributed by atoms with van der Waals surface area (Å²) < 4.78 is 0. The lowest BCUT2D eigenvalue weighted by Crippen LogP contribution is -2.35. The molecule has 164 valence electrons. The summed E-state index contributed by atoms with van der Waals surface area (Å²) in [6, 6.07) is 18.3. The molecule has 3 aromatic rings. The molecular weight excluding hydrogens is 424 g/mol. The average molecular weight is 449 g/mol. The van der Waals surface area contributed by atoms with Gasteiger partial charge >= 0.3 is 0 Å². The summed E-state index contributed by atoms with van der Waals surface area (Å²) in [7, 11) is 0. The van der Waals surface area contributed by atoms with Crippen molar-refractivity contribution in [2.24, 2.45) is 0 Å². The number of amides is 2. The number of carbonyl (C=O) groups is 2. The molecule has 1 saturated heterocycles. The summed E-state index contributed by atoms with van der Waals surface area (Å²) in [5.74, 6) is 0.676. The summed E-state index contributed by atoms with van der Waals surface area (Å²) in [6.07, 6.45) is 2.52. The second-order valence-corrected chi connectivity index (χ2v) is 8.25. The Balaban J connectivity index is 1.38. The predicted molar refractivity (Wildman–Crippen MR) is 128 cm³/mol. The molecule has 0 saturated carbocycles. The van der Waals surface area contributed by atoms with E-state index in [2.05, 4.69) is 15.2 Å². The monoisotopic (exact) mass is 448 g/mol. The molecule has 1 aliphatic rings. The first-order valence-electron chi connectivity index (χ1n) is 10.6. The van der Waals surface area contributed by atoms with Gasteiger partial charge in [0.05, 0.1) is 11.9 Å². The minimum Gasteiger partial charge on any atom is -0.355 e. The van der Waals surface area contributed by atoms with E-state index in [0.29, 0.717) is 41.5 Å². The Labute approximate surface area is 192 Å². The van der Waals surface area contributed by atoms with Crippen molar-refractivity contribution >= 4 is 34.9 Å². The van der Waals surface area contributed by atoms with Gasteiger partial charge in [0.1, 0.15) is 5.82 Å². The van der Waals surface area contributed by atoms with E-state index in [-0.39, 0.29) is 11.8 Å². The van der Waals surface area contributed by atoms with Crippen LogP contribution in [-0.2, 0) is 0 Å². The van der Waals surface area contributed by atoms with Crippen molar-refractivity contribution < 1.29 is 9.59 Å². The lowest BCUT2D eigenvalue weighted by molar-refractivity contribution is 0.0767. The fraction of sp³-hybridized carbons (Fsp3) is 0.240. The van der Waals surface area contributed by atoms with E-state index in [0.717, 1.165) is 24.3 Å². The number of benzene rings is 2. The zero-order valence-corrected chi connectivity index (χ0v) is 18.7. The Hall–Kier alpha value is -3.38. The molecule has 0 atom stereocenters. The highest BCUT2D eigenvalue weighted by atomic mass is 35.5. The molecule has 1 aromatic heterocycles. The highest BCUT2D eigenvalue weighted by Gasteiger charge is 2.21. The molecule has 6 nitrogen and oxygen atoms in total. The maximum atomic E-state index is 12.8. The largest absolute Gasteiger partial charge is 0.355 e. The topological polar surface area (TPSA) is 65.5 Å². The van der Waals surface area contributed by atoms with Crippen LogP contribution >= 0.6 is 11.6 Å². The van der Waals surface area contributed by atoms with Crippen molar-refractivity contribution in [3.8, 4) is 0 Å². The molecule has 1 fully saturated rings. The molecule has 0 bridgehead atoms. The lowest BCUT2D eigenvalue weighted by atomic mass is 10.1. The number of halogens is 1. The third kappa shape index (κ3) is 5.08. The maximum Gasteiger partial charge on any atom is 0.255 e. The molecule has 7 heteroatoms. The third-order valence-electron chi connectivity index (χ3n) is 5.57. The molecule has 2 amide bonds. The second-order valence-electron chi connectivity index (χ2n) is 7.82. The Kier molecular flexibility index (Phi) is 6.71. The number of anilines is 2. The number of nitrogens with one attached hydrogen (secondary N) is 1. The van der Waals surface area contributed by atoms with Gasteiger partial charge in [0, 0.05) is 42.3 Å². The van der Waals surface area contributed by atoms with Crippen LogP contribution in [0.4, 0.5) is 11.5 Å². The van der Waals surface area contributed by atoms with E-state index in [1.807, 2.05) is 42.2 Å². The molecule has 32 heavy (non-hydrogen) atoms. The normalized spacial score (nSPS) is 14.1. The van der Waals surface area contributed by atoms with Crippen LogP contribution in [0.25, 0.3) is 0 Å². The van der Waals surface area contributed by atoms with Crippen LogP contribution in [0.1, 0.15) is 32.7 Å². The van der Waals surface area contributed by atoms with Crippen LogP contribution in [-0.4, -0.2) is 47.9 Å². The summed E-state index contributed by atoms with van der Waals surface area (Å²) in [4.78, 5) is 33.9. The number of carbonyl (C=O) groups excluding carboxylic acids is 2. The molecular formula is C25H25ClN4O2. The van der Waals surface area contributed by atoms with Gasteiger partial charge in [0.15, 0.2) is 0 Å².